The maximum absolute atomic E-state index is 6.46. The Balaban J connectivity index is 3.15. The van der Waals surface area contributed by atoms with Gasteiger partial charge in [-0.2, -0.15) is 0 Å². The zero-order chi connectivity index (χ0) is 16.3. The van der Waals surface area contributed by atoms with Crippen molar-refractivity contribution in [3.8, 4) is 0 Å². The van der Waals surface area contributed by atoms with Crippen LogP contribution in [0.1, 0.15) is 25.0 Å². The summed E-state index contributed by atoms with van der Waals surface area (Å²) in [5, 5.41) is 0.762. The molecule has 0 fully saturated rings. The van der Waals surface area contributed by atoms with Crippen LogP contribution in [0.5, 0.6) is 0 Å². The van der Waals surface area contributed by atoms with E-state index in [4.69, 9.17) is 20.5 Å². The van der Waals surface area contributed by atoms with Crippen molar-refractivity contribution in [3.63, 3.8) is 0 Å². The largest absolute Gasteiger partial charge is 0.412 e. The standard InChI is InChI=1S/C16H29ClO2Si2/c1-8-15(18-20(2,3)4)16(19-21(5,6)7)13-11-9-10-12-14(13)17/h9-12,15-16H,8H2,1-7H3. The van der Waals surface area contributed by atoms with Gasteiger partial charge in [-0.3, -0.25) is 0 Å². The SMILES string of the molecule is CCC(O[Si](C)(C)C)C(O[Si](C)(C)C)c1ccccc1Cl. The zero-order valence-corrected chi connectivity index (χ0v) is 17.1. The normalized spacial score (nSPS) is 15.8. The fourth-order valence-electron chi connectivity index (χ4n) is 2.24. The second-order valence-electron chi connectivity index (χ2n) is 7.35. The van der Waals surface area contributed by atoms with Crippen LogP contribution in [0.15, 0.2) is 24.3 Å². The summed E-state index contributed by atoms with van der Waals surface area (Å²) in [6, 6.07) is 7.96. The third-order valence-corrected chi connectivity index (χ3v) is 5.25. The molecule has 0 saturated carbocycles. The zero-order valence-electron chi connectivity index (χ0n) is 14.4. The number of halogens is 1. The van der Waals surface area contributed by atoms with Crippen molar-refractivity contribution >= 4 is 28.2 Å². The second-order valence-corrected chi connectivity index (χ2v) is 16.7. The van der Waals surface area contributed by atoms with E-state index in [1.807, 2.05) is 18.2 Å². The van der Waals surface area contributed by atoms with Crippen LogP contribution in [0.25, 0.3) is 0 Å². The molecule has 2 atom stereocenters. The van der Waals surface area contributed by atoms with Gasteiger partial charge in [0.05, 0.1) is 12.2 Å². The molecular formula is C16H29ClO2Si2. The van der Waals surface area contributed by atoms with E-state index < -0.39 is 16.6 Å². The van der Waals surface area contributed by atoms with Gasteiger partial charge < -0.3 is 8.85 Å². The molecule has 0 aliphatic heterocycles. The van der Waals surface area contributed by atoms with Gasteiger partial charge in [0.2, 0.25) is 0 Å². The quantitative estimate of drug-likeness (QED) is 0.576. The lowest BCUT2D eigenvalue weighted by Crippen LogP contribution is -2.40. The topological polar surface area (TPSA) is 18.5 Å². The van der Waals surface area contributed by atoms with Crippen molar-refractivity contribution in [2.24, 2.45) is 0 Å². The van der Waals surface area contributed by atoms with E-state index in [-0.39, 0.29) is 12.2 Å². The van der Waals surface area contributed by atoms with Crippen LogP contribution in [-0.2, 0) is 8.85 Å². The van der Waals surface area contributed by atoms with E-state index in [9.17, 15) is 0 Å². The molecule has 1 aromatic rings. The van der Waals surface area contributed by atoms with Crippen molar-refractivity contribution in [3.05, 3.63) is 34.9 Å². The van der Waals surface area contributed by atoms with Gasteiger partial charge in [-0.1, -0.05) is 36.7 Å². The molecule has 0 aromatic heterocycles. The smallest absolute Gasteiger partial charge is 0.184 e. The molecule has 0 bridgehead atoms. The maximum atomic E-state index is 6.46. The van der Waals surface area contributed by atoms with Crippen LogP contribution in [0, 0.1) is 0 Å². The summed E-state index contributed by atoms with van der Waals surface area (Å²) in [5.41, 5.74) is 1.05. The molecule has 0 radical (unpaired) electrons. The summed E-state index contributed by atoms with van der Waals surface area (Å²) >= 11 is 6.41. The van der Waals surface area contributed by atoms with Gasteiger partial charge in [0, 0.05) is 10.6 Å². The van der Waals surface area contributed by atoms with Crippen molar-refractivity contribution in [2.45, 2.75) is 64.8 Å². The first-order valence-electron chi connectivity index (χ1n) is 7.63. The third-order valence-electron chi connectivity index (χ3n) is 2.94. The lowest BCUT2D eigenvalue weighted by atomic mass is 10.0. The van der Waals surface area contributed by atoms with Crippen LogP contribution < -0.4 is 0 Å². The highest BCUT2D eigenvalue weighted by Gasteiger charge is 2.33. The number of hydrogen-bond acceptors (Lipinski definition) is 2. The van der Waals surface area contributed by atoms with Crippen molar-refractivity contribution in [1.82, 2.24) is 0 Å². The molecule has 21 heavy (non-hydrogen) atoms. The molecule has 0 amide bonds. The maximum Gasteiger partial charge on any atom is 0.184 e. The molecule has 120 valence electrons. The highest BCUT2D eigenvalue weighted by atomic mass is 35.5. The summed E-state index contributed by atoms with van der Waals surface area (Å²) < 4.78 is 12.8. The van der Waals surface area contributed by atoms with E-state index >= 15 is 0 Å². The predicted octanol–water partition coefficient (Wildman–Crippen LogP) is 5.86. The predicted molar refractivity (Wildman–Crippen MR) is 97.1 cm³/mol. The monoisotopic (exact) mass is 344 g/mol. The Morgan fingerprint density at radius 3 is 1.90 bits per heavy atom. The molecule has 2 nitrogen and oxygen atoms in total. The Hall–Kier alpha value is -0.136. The molecule has 0 spiro atoms. The van der Waals surface area contributed by atoms with Gasteiger partial charge in [0.15, 0.2) is 16.6 Å². The van der Waals surface area contributed by atoms with Crippen LogP contribution >= 0.6 is 11.6 Å². The Morgan fingerprint density at radius 1 is 0.952 bits per heavy atom. The molecule has 0 heterocycles. The van der Waals surface area contributed by atoms with Crippen molar-refractivity contribution in [1.29, 1.82) is 0 Å². The minimum atomic E-state index is -1.70. The molecule has 0 aliphatic carbocycles. The highest BCUT2D eigenvalue weighted by molar-refractivity contribution is 6.70. The summed E-state index contributed by atoms with van der Waals surface area (Å²) in [7, 11) is -3.34. The minimum Gasteiger partial charge on any atom is -0.412 e. The van der Waals surface area contributed by atoms with Gasteiger partial charge in [-0.25, -0.2) is 0 Å². The van der Waals surface area contributed by atoms with Crippen LogP contribution in [0.4, 0.5) is 0 Å². The van der Waals surface area contributed by atoms with Gasteiger partial charge in [0.25, 0.3) is 0 Å². The molecule has 2 unspecified atom stereocenters. The lowest BCUT2D eigenvalue weighted by molar-refractivity contribution is 0.0407. The van der Waals surface area contributed by atoms with E-state index in [2.05, 4.69) is 52.3 Å². The minimum absolute atomic E-state index is 0.0586. The van der Waals surface area contributed by atoms with Crippen LogP contribution in [-0.4, -0.2) is 22.7 Å². The molecule has 1 aromatic carbocycles. The molecular weight excluding hydrogens is 316 g/mol. The Kier molecular flexibility index (Phi) is 6.68. The van der Waals surface area contributed by atoms with E-state index in [1.165, 1.54) is 0 Å². The fraction of sp³-hybridized carbons (Fsp3) is 0.625. The fourth-order valence-corrected chi connectivity index (χ4v) is 4.72. The van der Waals surface area contributed by atoms with Crippen LogP contribution in [0.3, 0.4) is 0 Å². The summed E-state index contributed by atoms with van der Waals surface area (Å²) in [4.78, 5) is 0. The summed E-state index contributed by atoms with van der Waals surface area (Å²) in [6.45, 7) is 15.4. The van der Waals surface area contributed by atoms with E-state index in [1.54, 1.807) is 0 Å². The molecule has 0 saturated heterocycles. The highest BCUT2D eigenvalue weighted by Crippen LogP contribution is 2.34. The first-order chi connectivity index (χ1) is 9.53. The van der Waals surface area contributed by atoms with E-state index in [0.29, 0.717) is 0 Å². The summed E-state index contributed by atoms with van der Waals surface area (Å²) in [6.07, 6.45) is 0.898. The Morgan fingerprint density at radius 2 is 1.48 bits per heavy atom. The first-order valence-corrected chi connectivity index (χ1v) is 14.8. The van der Waals surface area contributed by atoms with Crippen LogP contribution in [0.2, 0.25) is 44.3 Å². The van der Waals surface area contributed by atoms with Gasteiger partial charge >= 0.3 is 0 Å². The lowest BCUT2D eigenvalue weighted by Gasteiger charge is -2.36. The van der Waals surface area contributed by atoms with Crippen molar-refractivity contribution in [2.75, 3.05) is 0 Å². The molecule has 5 heteroatoms. The number of hydrogen-bond donors (Lipinski definition) is 0. The Bertz CT molecular complexity index is 452. The van der Waals surface area contributed by atoms with Gasteiger partial charge in [0.1, 0.15) is 0 Å². The number of benzene rings is 1. The average molecular weight is 345 g/mol. The second kappa shape index (κ2) is 7.42. The van der Waals surface area contributed by atoms with E-state index in [0.717, 1.165) is 17.0 Å². The van der Waals surface area contributed by atoms with Gasteiger partial charge in [-0.15, -0.1) is 0 Å². The molecule has 0 aliphatic rings. The number of rotatable bonds is 7. The summed E-state index contributed by atoms with van der Waals surface area (Å²) in [5.74, 6) is 0. The third kappa shape index (κ3) is 6.65. The molecule has 1 rings (SSSR count). The van der Waals surface area contributed by atoms with Gasteiger partial charge in [-0.05, 0) is 51.8 Å². The average Bonchev–Trinajstić information content (AvgIpc) is 2.32. The first kappa shape index (κ1) is 18.9. The van der Waals surface area contributed by atoms with Crippen molar-refractivity contribution < 1.29 is 8.85 Å². The molecule has 0 N–H and O–H groups in total. The Labute approximate surface area is 137 Å².